The third kappa shape index (κ3) is 2.94. The predicted molar refractivity (Wildman–Crippen MR) is 96.7 cm³/mol. The Labute approximate surface area is 142 Å². The first-order valence-corrected chi connectivity index (χ1v) is 8.11. The van der Waals surface area contributed by atoms with E-state index in [1.54, 1.807) is 6.07 Å². The van der Waals surface area contributed by atoms with E-state index in [2.05, 4.69) is 34.0 Å². The number of hydrogen-bond donors (Lipinski definition) is 1. The van der Waals surface area contributed by atoms with E-state index in [0.29, 0.717) is 10.7 Å². The van der Waals surface area contributed by atoms with Gasteiger partial charge in [0.2, 0.25) is 0 Å². The van der Waals surface area contributed by atoms with Gasteiger partial charge in [-0.05, 0) is 65.0 Å². The summed E-state index contributed by atoms with van der Waals surface area (Å²) in [6, 6.07) is 15.6. The molecular weight excluding hydrogens is 395 g/mol. The molecule has 3 nitrogen and oxygen atoms in total. The fourth-order valence-electron chi connectivity index (χ4n) is 2.43. The second-order valence-electron chi connectivity index (χ2n) is 4.77. The maximum atomic E-state index is 12.3. The van der Waals surface area contributed by atoms with E-state index >= 15 is 0 Å². The fraction of sp³-hybridized carbons (Fsp3) is 0.125. The zero-order valence-electron chi connectivity index (χ0n) is 11.2. The first-order chi connectivity index (χ1) is 10.2. The predicted octanol–water partition coefficient (Wildman–Crippen LogP) is 3.37. The van der Waals surface area contributed by atoms with Crippen LogP contribution in [0.3, 0.4) is 0 Å². The Morgan fingerprint density at radius 1 is 1.14 bits per heavy atom. The zero-order valence-corrected chi connectivity index (χ0v) is 14.1. The standard InChI is InChI=1S/C16H13IN2OS/c17-13-7-3-2-6-12(13)15(20)18-16(21)19-10-9-11-5-1-4-8-14(11)19/h1-8H,9-10H2,(H,18,20,21). The van der Waals surface area contributed by atoms with Crippen LogP contribution in [0.25, 0.3) is 0 Å². The molecule has 1 aliphatic heterocycles. The lowest BCUT2D eigenvalue weighted by atomic mass is 10.2. The van der Waals surface area contributed by atoms with E-state index in [1.165, 1.54) is 5.56 Å². The normalized spacial score (nSPS) is 12.9. The number of fused-ring (bicyclic) bond motifs is 1. The smallest absolute Gasteiger partial charge is 0.258 e. The number of anilines is 1. The highest BCUT2D eigenvalue weighted by Gasteiger charge is 2.23. The maximum absolute atomic E-state index is 12.3. The van der Waals surface area contributed by atoms with E-state index in [9.17, 15) is 4.79 Å². The molecule has 3 rings (SSSR count). The number of carbonyl (C=O) groups excluding carboxylic acids is 1. The molecule has 0 bridgehead atoms. The van der Waals surface area contributed by atoms with Gasteiger partial charge in [-0.2, -0.15) is 0 Å². The van der Waals surface area contributed by atoms with Crippen LogP contribution < -0.4 is 10.2 Å². The average molecular weight is 408 g/mol. The third-order valence-electron chi connectivity index (χ3n) is 3.47. The van der Waals surface area contributed by atoms with Crippen molar-refractivity contribution in [2.75, 3.05) is 11.4 Å². The fourth-order valence-corrected chi connectivity index (χ4v) is 3.34. The van der Waals surface area contributed by atoms with Crippen LogP contribution in [0.15, 0.2) is 48.5 Å². The number of benzene rings is 2. The van der Waals surface area contributed by atoms with Crippen LogP contribution in [0.2, 0.25) is 0 Å². The third-order valence-corrected chi connectivity index (χ3v) is 4.73. The lowest BCUT2D eigenvalue weighted by molar-refractivity contribution is 0.0976. The number of nitrogens with one attached hydrogen (secondary N) is 1. The SMILES string of the molecule is O=C(NC(=S)N1CCc2ccccc21)c1ccccc1I. The number of nitrogens with zero attached hydrogens (tertiary/aromatic N) is 1. The van der Waals surface area contributed by atoms with Crippen molar-refractivity contribution in [3.63, 3.8) is 0 Å². The maximum Gasteiger partial charge on any atom is 0.258 e. The van der Waals surface area contributed by atoms with Gasteiger partial charge in [0.05, 0.1) is 5.56 Å². The van der Waals surface area contributed by atoms with Gasteiger partial charge in [0.15, 0.2) is 5.11 Å². The molecule has 0 aliphatic carbocycles. The molecule has 1 aliphatic rings. The summed E-state index contributed by atoms with van der Waals surface area (Å²) in [5.74, 6) is -0.158. The Morgan fingerprint density at radius 2 is 1.86 bits per heavy atom. The summed E-state index contributed by atoms with van der Waals surface area (Å²) < 4.78 is 0.914. The van der Waals surface area contributed by atoms with E-state index in [-0.39, 0.29) is 5.91 Å². The molecular formula is C16H13IN2OS. The lowest BCUT2D eigenvalue weighted by Gasteiger charge is -2.20. The molecule has 0 unspecified atom stereocenters. The van der Waals surface area contributed by atoms with Gasteiger partial charge in [-0.25, -0.2) is 0 Å². The molecule has 0 radical (unpaired) electrons. The molecule has 106 valence electrons. The summed E-state index contributed by atoms with van der Waals surface area (Å²) in [5.41, 5.74) is 3.00. The first kappa shape index (κ1) is 14.5. The second kappa shape index (κ2) is 6.11. The Kier molecular flexibility index (Phi) is 4.21. The molecule has 0 atom stereocenters. The molecule has 0 fully saturated rings. The van der Waals surface area contributed by atoms with Crippen molar-refractivity contribution in [1.82, 2.24) is 5.32 Å². The number of amides is 1. The highest BCUT2D eigenvalue weighted by Crippen LogP contribution is 2.27. The van der Waals surface area contributed by atoms with Crippen LogP contribution in [0.5, 0.6) is 0 Å². The number of thiocarbonyl (C=S) groups is 1. The highest BCUT2D eigenvalue weighted by atomic mass is 127. The zero-order chi connectivity index (χ0) is 14.8. The molecule has 0 saturated heterocycles. The van der Waals surface area contributed by atoms with Crippen LogP contribution in [0.4, 0.5) is 5.69 Å². The van der Waals surface area contributed by atoms with Crippen molar-refractivity contribution in [2.24, 2.45) is 0 Å². The van der Waals surface area contributed by atoms with Gasteiger partial charge in [-0.1, -0.05) is 30.3 Å². The van der Waals surface area contributed by atoms with Crippen LogP contribution in [0.1, 0.15) is 15.9 Å². The number of carbonyl (C=O) groups is 1. The van der Waals surface area contributed by atoms with Crippen molar-refractivity contribution >= 4 is 51.5 Å². The van der Waals surface area contributed by atoms with Crippen LogP contribution >= 0.6 is 34.8 Å². The summed E-state index contributed by atoms with van der Waals surface area (Å²) in [5, 5.41) is 3.30. The van der Waals surface area contributed by atoms with E-state index in [0.717, 1.165) is 22.2 Å². The Morgan fingerprint density at radius 3 is 2.67 bits per heavy atom. The molecule has 21 heavy (non-hydrogen) atoms. The quantitative estimate of drug-likeness (QED) is 0.580. The summed E-state index contributed by atoms with van der Waals surface area (Å²) in [4.78, 5) is 14.3. The van der Waals surface area contributed by atoms with E-state index in [1.807, 2.05) is 41.3 Å². The molecule has 1 amide bonds. The summed E-state index contributed by atoms with van der Waals surface area (Å²) in [7, 11) is 0. The first-order valence-electron chi connectivity index (χ1n) is 6.62. The summed E-state index contributed by atoms with van der Waals surface area (Å²) >= 11 is 7.55. The topological polar surface area (TPSA) is 32.3 Å². The highest BCUT2D eigenvalue weighted by molar-refractivity contribution is 14.1. The van der Waals surface area contributed by atoms with Gasteiger partial charge in [0, 0.05) is 15.8 Å². The van der Waals surface area contributed by atoms with Crippen molar-refractivity contribution < 1.29 is 4.79 Å². The van der Waals surface area contributed by atoms with Gasteiger partial charge in [0.25, 0.3) is 5.91 Å². The largest absolute Gasteiger partial charge is 0.318 e. The Balaban J connectivity index is 1.76. The minimum absolute atomic E-state index is 0.158. The Hall–Kier alpha value is -1.47. The second-order valence-corrected chi connectivity index (χ2v) is 6.32. The minimum Gasteiger partial charge on any atom is -0.318 e. The van der Waals surface area contributed by atoms with Crippen LogP contribution in [-0.4, -0.2) is 17.6 Å². The molecule has 0 aromatic heterocycles. The molecule has 1 heterocycles. The van der Waals surface area contributed by atoms with Crippen LogP contribution in [0, 0.1) is 3.57 Å². The number of para-hydroxylation sites is 1. The average Bonchev–Trinajstić information content (AvgIpc) is 2.91. The van der Waals surface area contributed by atoms with Crippen molar-refractivity contribution in [3.8, 4) is 0 Å². The van der Waals surface area contributed by atoms with Gasteiger partial charge in [-0.15, -0.1) is 0 Å². The van der Waals surface area contributed by atoms with E-state index < -0.39 is 0 Å². The Bertz CT molecular complexity index is 717. The van der Waals surface area contributed by atoms with E-state index in [4.69, 9.17) is 12.2 Å². The van der Waals surface area contributed by atoms with Gasteiger partial charge < -0.3 is 4.90 Å². The van der Waals surface area contributed by atoms with Gasteiger partial charge in [0.1, 0.15) is 0 Å². The monoisotopic (exact) mass is 408 g/mol. The van der Waals surface area contributed by atoms with Crippen molar-refractivity contribution in [3.05, 3.63) is 63.2 Å². The number of halogens is 1. The minimum atomic E-state index is -0.158. The number of rotatable bonds is 1. The molecule has 5 heteroatoms. The molecule has 1 N–H and O–H groups in total. The molecule has 0 saturated carbocycles. The van der Waals surface area contributed by atoms with Crippen LogP contribution in [-0.2, 0) is 6.42 Å². The van der Waals surface area contributed by atoms with Gasteiger partial charge >= 0.3 is 0 Å². The van der Waals surface area contributed by atoms with Gasteiger partial charge in [-0.3, -0.25) is 10.1 Å². The summed E-state index contributed by atoms with van der Waals surface area (Å²) in [6.45, 7) is 0.810. The molecule has 2 aromatic carbocycles. The lowest BCUT2D eigenvalue weighted by Crippen LogP contribution is -2.42. The van der Waals surface area contributed by atoms with Crippen molar-refractivity contribution in [1.29, 1.82) is 0 Å². The molecule has 0 spiro atoms. The summed E-state index contributed by atoms with van der Waals surface area (Å²) in [6.07, 6.45) is 0.953. The number of hydrogen-bond acceptors (Lipinski definition) is 2. The molecule has 2 aromatic rings. The van der Waals surface area contributed by atoms with Crippen molar-refractivity contribution in [2.45, 2.75) is 6.42 Å².